The number of nitro groups is 1. The third kappa shape index (κ3) is 4.10. The second-order valence-electron chi connectivity index (χ2n) is 5.18. The molecule has 3 rings (SSSR count). The summed E-state index contributed by atoms with van der Waals surface area (Å²) in [5.74, 6) is -0.189. The molecule has 0 unspecified atom stereocenters. The molecule has 0 bridgehead atoms. The van der Waals surface area contributed by atoms with E-state index in [1.807, 2.05) is 0 Å². The van der Waals surface area contributed by atoms with Gasteiger partial charge in [0, 0.05) is 6.07 Å². The Hall–Kier alpha value is -3.73. The van der Waals surface area contributed by atoms with Crippen LogP contribution in [0.2, 0.25) is 5.02 Å². The molecule has 0 aliphatic heterocycles. The van der Waals surface area contributed by atoms with E-state index in [0.717, 1.165) is 6.33 Å². The highest BCUT2D eigenvalue weighted by atomic mass is 35.5. The molecule has 2 heterocycles. The summed E-state index contributed by atoms with van der Waals surface area (Å²) in [4.78, 5) is 30.6. The maximum atomic E-state index is 12.2. The number of halogens is 1. The molecule has 1 amide bonds. The molecule has 2 aromatic heterocycles. The maximum absolute atomic E-state index is 12.2. The van der Waals surface area contributed by atoms with Gasteiger partial charge in [0.2, 0.25) is 11.6 Å². The standard InChI is InChI=1S/C15H12ClN7O4/c1-8-6-11(22-27-8)19-13-12(23(25)26)14(18-7-17-13)20-21-15(24)9-4-2-3-5-10(9)16/h2-7H,1H3,(H,21,24)(H2,17,18,19,20,22). The van der Waals surface area contributed by atoms with Crippen molar-refractivity contribution in [3.05, 3.63) is 63.1 Å². The van der Waals surface area contributed by atoms with E-state index in [2.05, 4.69) is 31.3 Å². The van der Waals surface area contributed by atoms with E-state index in [1.165, 1.54) is 12.1 Å². The molecule has 1 aromatic carbocycles. The Morgan fingerprint density at radius 2 is 2.00 bits per heavy atom. The van der Waals surface area contributed by atoms with E-state index in [9.17, 15) is 14.9 Å². The van der Waals surface area contributed by atoms with E-state index < -0.39 is 16.5 Å². The molecular formula is C15H12ClN7O4. The molecule has 0 spiro atoms. The predicted octanol–water partition coefficient (Wildman–Crippen LogP) is 2.84. The van der Waals surface area contributed by atoms with Crippen molar-refractivity contribution >= 4 is 40.6 Å². The first-order valence-electron chi connectivity index (χ1n) is 7.46. The van der Waals surface area contributed by atoms with Gasteiger partial charge in [-0.25, -0.2) is 9.97 Å². The molecule has 0 saturated heterocycles. The Morgan fingerprint density at radius 3 is 2.67 bits per heavy atom. The van der Waals surface area contributed by atoms with Crippen LogP contribution in [0.15, 0.2) is 41.2 Å². The number of aromatic nitrogens is 3. The largest absolute Gasteiger partial charge is 0.360 e. The lowest BCUT2D eigenvalue weighted by molar-refractivity contribution is -0.383. The highest BCUT2D eigenvalue weighted by Crippen LogP contribution is 2.30. The Morgan fingerprint density at radius 1 is 1.26 bits per heavy atom. The zero-order chi connectivity index (χ0) is 19.4. The number of nitrogens with zero attached hydrogens (tertiary/aromatic N) is 4. The molecule has 11 nitrogen and oxygen atoms in total. The Kier molecular flexibility index (Phi) is 5.13. The van der Waals surface area contributed by atoms with Gasteiger partial charge >= 0.3 is 5.69 Å². The van der Waals surface area contributed by atoms with Crippen LogP contribution in [0.1, 0.15) is 16.1 Å². The molecule has 0 atom stereocenters. The van der Waals surface area contributed by atoms with Crippen molar-refractivity contribution in [2.24, 2.45) is 0 Å². The molecule has 0 aliphatic rings. The van der Waals surface area contributed by atoms with Gasteiger partial charge in [-0.2, -0.15) is 0 Å². The first kappa shape index (κ1) is 18.1. The number of carbonyl (C=O) groups excluding carboxylic acids is 1. The van der Waals surface area contributed by atoms with Crippen LogP contribution in [0.5, 0.6) is 0 Å². The number of hydrazine groups is 1. The van der Waals surface area contributed by atoms with Crippen LogP contribution in [0, 0.1) is 17.0 Å². The smallest absolute Gasteiger partial charge is 0.355 e. The first-order chi connectivity index (χ1) is 13.0. The van der Waals surface area contributed by atoms with Crippen molar-refractivity contribution in [2.45, 2.75) is 6.92 Å². The molecule has 0 aliphatic carbocycles. The maximum Gasteiger partial charge on any atom is 0.355 e. The lowest BCUT2D eigenvalue weighted by Gasteiger charge is -2.10. The van der Waals surface area contributed by atoms with Gasteiger partial charge in [-0.3, -0.25) is 25.8 Å². The van der Waals surface area contributed by atoms with Crippen molar-refractivity contribution in [3.63, 3.8) is 0 Å². The lowest BCUT2D eigenvalue weighted by Crippen LogP contribution is -2.30. The van der Waals surface area contributed by atoms with Crippen molar-refractivity contribution in [1.29, 1.82) is 0 Å². The molecule has 0 saturated carbocycles. The van der Waals surface area contributed by atoms with Gasteiger partial charge in [0.25, 0.3) is 5.91 Å². The van der Waals surface area contributed by atoms with Gasteiger partial charge in [0.15, 0.2) is 5.82 Å². The summed E-state index contributed by atoms with van der Waals surface area (Å²) in [5.41, 5.74) is 4.44. The van der Waals surface area contributed by atoms with Crippen LogP contribution in [0.25, 0.3) is 0 Å². The van der Waals surface area contributed by atoms with E-state index in [4.69, 9.17) is 16.1 Å². The summed E-state index contributed by atoms with van der Waals surface area (Å²) in [5, 5.41) is 18.1. The second kappa shape index (κ2) is 7.66. The number of nitrogens with one attached hydrogen (secondary N) is 3. The molecule has 0 fully saturated rings. The Labute approximate surface area is 156 Å². The summed E-state index contributed by atoms with van der Waals surface area (Å²) in [6, 6.07) is 7.90. The van der Waals surface area contributed by atoms with Gasteiger partial charge in [0.1, 0.15) is 12.1 Å². The number of hydrogen-bond acceptors (Lipinski definition) is 9. The molecular weight excluding hydrogens is 378 g/mol. The highest BCUT2D eigenvalue weighted by Gasteiger charge is 2.24. The number of rotatable bonds is 6. The van der Waals surface area contributed by atoms with Gasteiger partial charge in [-0.05, 0) is 19.1 Å². The first-order valence-corrected chi connectivity index (χ1v) is 7.84. The minimum Gasteiger partial charge on any atom is -0.360 e. The summed E-state index contributed by atoms with van der Waals surface area (Å²) in [6.07, 6.45) is 1.09. The number of carbonyl (C=O) groups is 1. The minimum atomic E-state index is -0.695. The van der Waals surface area contributed by atoms with E-state index in [1.54, 1.807) is 25.1 Å². The quantitative estimate of drug-likeness (QED) is 0.427. The third-order valence-electron chi connectivity index (χ3n) is 3.29. The molecule has 0 radical (unpaired) electrons. The monoisotopic (exact) mass is 389 g/mol. The third-order valence-corrected chi connectivity index (χ3v) is 3.62. The fourth-order valence-electron chi connectivity index (χ4n) is 2.11. The molecule has 3 aromatic rings. The highest BCUT2D eigenvalue weighted by molar-refractivity contribution is 6.33. The van der Waals surface area contributed by atoms with Crippen molar-refractivity contribution in [1.82, 2.24) is 20.6 Å². The summed E-state index contributed by atoms with van der Waals surface area (Å²) in [6.45, 7) is 1.67. The van der Waals surface area contributed by atoms with Crippen LogP contribution in [0.4, 0.5) is 23.1 Å². The van der Waals surface area contributed by atoms with E-state index >= 15 is 0 Å². The fraction of sp³-hybridized carbons (Fsp3) is 0.0667. The number of amides is 1. The summed E-state index contributed by atoms with van der Waals surface area (Å²) >= 11 is 5.95. The number of aryl methyl sites for hydroxylation is 1. The fourth-order valence-corrected chi connectivity index (χ4v) is 2.33. The van der Waals surface area contributed by atoms with Crippen molar-refractivity contribution < 1.29 is 14.2 Å². The molecule has 27 heavy (non-hydrogen) atoms. The van der Waals surface area contributed by atoms with Crippen LogP contribution in [0.3, 0.4) is 0 Å². The molecule has 12 heteroatoms. The van der Waals surface area contributed by atoms with Gasteiger partial charge in [-0.15, -0.1) is 0 Å². The van der Waals surface area contributed by atoms with Gasteiger partial charge in [-0.1, -0.05) is 28.9 Å². The van der Waals surface area contributed by atoms with Crippen LogP contribution >= 0.6 is 11.6 Å². The summed E-state index contributed by atoms with van der Waals surface area (Å²) < 4.78 is 4.90. The average molecular weight is 390 g/mol. The number of anilines is 3. The Bertz CT molecular complexity index is 1010. The zero-order valence-corrected chi connectivity index (χ0v) is 14.5. The summed E-state index contributed by atoms with van der Waals surface area (Å²) in [7, 11) is 0. The van der Waals surface area contributed by atoms with Crippen LogP contribution < -0.4 is 16.2 Å². The normalized spacial score (nSPS) is 10.3. The Balaban J connectivity index is 1.83. The number of benzene rings is 1. The van der Waals surface area contributed by atoms with Gasteiger partial charge < -0.3 is 9.84 Å². The lowest BCUT2D eigenvalue weighted by atomic mass is 10.2. The topological polar surface area (TPSA) is 148 Å². The van der Waals surface area contributed by atoms with Crippen molar-refractivity contribution in [3.8, 4) is 0 Å². The zero-order valence-electron chi connectivity index (χ0n) is 13.8. The number of hydrogen-bond donors (Lipinski definition) is 3. The minimum absolute atomic E-state index is 0.127. The predicted molar refractivity (Wildman–Crippen MR) is 95.8 cm³/mol. The van der Waals surface area contributed by atoms with E-state index in [0.29, 0.717) is 5.76 Å². The van der Waals surface area contributed by atoms with E-state index in [-0.39, 0.29) is 28.0 Å². The average Bonchev–Trinajstić information content (AvgIpc) is 3.04. The molecule has 138 valence electrons. The van der Waals surface area contributed by atoms with Gasteiger partial charge in [0.05, 0.1) is 15.5 Å². The second-order valence-corrected chi connectivity index (χ2v) is 5.59. The van der Waals surface area contributed by atoms with Crippen LogP contribution in [-0.2, 0) is 0 Å². The SMILES string of the molecule is Cc1cc(Nc2ncnc(NNC(=O)c3ccccc3Cl)c2[N+](=O)[O-])no1. The molecule has 3 N–H and O–H groups in total. The van der Waals surface area contributed by atoms with Crippen LogP contribution in [-0.4, -0.2) is 26.0 Å². The van der Waals surface area contributed by atoms with Crippen molar-refractivity contribution in [2.75, 3.05) is 10.7 Å².